The first-order chi connectivity index (χ1) is 7.93. The van der Waals surface area contributed by atoms with E-state index in [0.717, 1.165) is 0 Å². The van der Waals surface area contributed by atoms with E-state index in [0.29, 0.717) is 11.8 Å². The van der Waals surface area contributed by atoms with E-state index in [1.807, 2.05) is 0 Å². The summed E-state index contributed by atoms with van der Waals surface area (Å²) in [5.74, 6) is -1.45. The first kappa shape index (κ1) is 13.1. The molecule has 1 aromatic rings. The molecule has 0 heterocycles. The van der Waals surface area contributed by atoms with Crippen molar-refractivity contribution in [3.8, 4) is 5.75 Å². The van der Waals surface area contributed by atoms with E-state index in [4.69, 9.17) is 5.11 Å². The molecule has 0 aliphatic rings. The second kappa shape index (κ2) is 5.38. The number of ether oxygens (including phenoxy) is 1. The minimum absolute atomic E-state index is 0.154. The minimum atomic E-state index is -3.06. The van der Waals surface area contributed by atoms with Gasteiger partial charge in [-0.05, 0) is 24.1 Å². The summed E-state index contributed by atoms with van der Waals surface area (Å²) in [5, 5.41) is 8.65. The van der Waals surface area contributed by atoms with E-state index in [1.54, 1.807) is 6.92 Å². The zero-order valence-electron chi connectivity index (χ0n) is 8.94. The lowest BCUT2D eigenvalue weighted by Gasteiger charge is -2.11. The van der Waals surface area contributed by atoms with Crippen molar-refractivity contribution in [1.29, 1.82) is 0 Å². The second-order valence-corrected chi connectivity index (χ2v) is 3.40. The van der Waals surface area contributed by atoms with Gasteiger partial charge in [0, 0.05) is 0 Å². The Kier molecular flexibility index (Phi) is 4.14. The standard InChI is InChI=1S/C11H10F2O4/c1-6-2-7(4-10(15)16)8(5-14)9(3-6)17-11(12)13/h2-3,5,11H,4H2,1H3,(H,15,16). The maximum atomic E-state index is 12.1. The van der Waals surface area contributed by atoms with Crippen molar-refractivity contribution < 1.29 is 28.2 Å². The summed E-state index contributed by atoms with van der Waals surface area (Å²) in [7, 11) is 0. The van der Waals surface area contributed by atoms with Crippen molar-refractivity contribution >= 4 is 12.3 Å². The fourth-order valence-corrected chi connectivity index (χ4v) is 1.47. The molecule has 0 aliphatic carbocycles. The summed E-state index contributed by atoms with van der Waals surface area (Å²) >= 11 is 0. The summed E-state index contributed by atoms with van der Waals surface area (Å²) < 4.78 is 28.4. The van der Waals surface area contributed by atoms with Crippen LogP contribution < -0.4 is 4.74 Å². The van der Waals surface area contributed by atoms with Crippen LogP contribution in [0.2, 0.25) is 0 Å². The van der Waals surface area contributed by atoms with Gasteiger partial charge in [-0.3, -0.25) is 9.59 Å². The molecule has 1 N–H and O–H groups in total. The molecule has 1 aromatic carbocycles. The third kappa shape index (κ3) is 3.51. The summed E-state index contributed by atoms with van der Waals surface area (Å²) in [5.41, 5.74) is 0.545. The lowest BCUT2D eigenvalue weighted by atomic mass is 10.0. The van der Waals surface area contributed by atoms with Gasteiger partial charge in [0.2, 0.25) is 0 Å². The van der Waals surface area contributed by atoms with Crippen LogP contribution in [0.3, 0.4) is 0 Å². The van der Waals surface area contributed by atoms with Gasteiger partial charge in [0.1, 0.15) is 5.75 Å². The number of carbonyl (C=O) groups is 2. The average molecular weight is 244 g/mol. The number of alkyl halides is 2. The fourth-order valence-electron chi connectivity index (χ4n) is 1.47. The number of aliphatic carboxylic acids is 1. The first-order valence-corrected chi connectivity index (χ1v) is 4.69. The molecule has 0 saturated heterocycles. The molecule has 4 nitrogen and oxygen atoms in total. The lowest BCUT2D eigenvalue weighted by Crippen LogP contribution is -2.09. The zero-order chi connectivity index (χ0) is 13.0. The minimum Gasteiger partial charge on any atom is -0.481 e. The molecule has 1 rings (SSSR count). The van der Waals surface area contributed by atoms with Gasteiger partial charge in [-0.1, -0.05) is 6.07 Å². The Hall–Kier alpha value is -1.98. The van der Waals surface area contributed by atoms with Crippen molar-refractivity contribution in [2.75, 3.05) is 0 Å². The number of benzene rings is 1. The van der Waals surface area contributed by atoms with Crippen LogP contribution in [-0.2, 0) is 11.2 Å². The number of hydrogen-bond acceptors (Lipinski definition) is 3. The summed E-state index contributed by atoms with van der Waals surface area (Å²) in [6, 6.07) is 2.72. The summed E-state index contributed by atoms with van der Waals surface area (Å²) in [6.07, 6.45) is -0.106. The molecule has 0 aromatic heterocycles. The molecule has 0 fully saturated rings. The lowest BCUT2D eigenvalue weighted by molar-refractivity contribution is -0.136. The van der Waals surface area contributed by atoms with Crippen LogP contribution in [0.4, 0.5) is 8.78 Å². The number of aldehydes is 1. The topological polar surface area (TPSA) is 63.6 Å². The predicted octanol–water partition coefficient (Wildman–Crippen LogP) is 2.04. The molecule has 0 atom stereocenters. The summed E-state index contributed by atoms with van der Waals surface area (Å²) in [6.45, 7) is -1.47. The van der Waals surface area contributed by atoms with Gasteiger partial charge in [-0.15, -0.1) is 0 Å². The van der Waals surface area contributed by atoms with Crippen LogP contribution in [0.5, 0.6) is 5.75 Å². The molecular formula is C11H10F2O4. The monoisotopic (exact) mass is 244 g/mol. The highest BCUT2D eigenvalue weighted by molar-refractivity contribution is 5.85. The van der Waals surface area contributed by atoms with Crippen LogP contribution >= 0.6 is 0 Å². The van der Waals surface area contributed by atoms with Crippen molar-refractivity contribution in [2.45, 2.75) is 20.0 Å². The first-order valence-electron chi connectivity index (χ1n) is 4.69. The Morgan fingerprint density at radius 2 is 2.18 bits per heavy atom. The normalized spacial score (nSPS) is 10.4. The van der Waals surface area contributed by atoms with Gasteiger partial charge < -0.3 is 9.84 Å². The number of rotatable bonds is 5. The van der Waals surface area contributed by atoms with Crippen LogP contribution in [-0.4, -0.2) is 24.0 Å². The number of hydrogen-bond donors (Lipinski definition) is 1. The van der Waals surface area contributed by atoms with Crippen molar-refractivity contribution in [2.24, 2.45) is 0 Å². The number of carbonyl (C=O) groups excluding carboxylic acids is 1. The molecule has 0 spiro atoms. The highest BCUT2D eigenvalue weighted by Gasteiger charge is 2.15. The third-order valence-electron chi connectivity index (χ3n) is 2.05. The molecule has 0 bridgehead atoms. The highest BCUT2D eigenvalue weighted by Crippen LogP contribution is 2.25. The van der Waals surface area contributed by atoms with E-state index >= 15 is 0 Å². The van der Waals surface area contributed by atoms with Gasteiger partial charge in [0.05, 0.1) is 12.0 Å². The van der Waals surface area contributed by atoms with E-state index in [1.165, 1.54) is 12.1 Å². The molecular weight excluding hydrogens is 234 g/mol. The fraction of sp³-hybridized carbons (Fsp3) is 0.273. The molecule has 0 radical (unpaired) electrons. The van der Waals surface area contributed by atoms with Gasteiger partial charge >= 0.3 is 12.6 Å². The van der Waals surface area contributed by atoms with Gasteiger partial charge in [0.15, 0.2) is 6.29 Å². The quantitative estimate of drug-likeness (QED) is 0.805. The Bertz CT molecular complexity index is 443. The maximum Gasteiger partial charge on any atom is 0.387 e. The van der Waals surface area contributed by atoms with Crippen molar-refractivity contribution in [3.63, 3.8) is 0 Å². The van der Waals surface area contributed by atoms with Crippen molar-refractivity contribution in [1.82, 2.24) is 0 Å². The molecule has 17 heavy (non-hydrogen) atoms. The summed E-state index contributed by atoms with van der Waals surface area (Å²) in [4.78, 5) is 21.4. The molecule has 0 unspecified atom stereocenters. The van der Waals surface area contributed by atoms with E-state index in [-0.39, 0.29) is 16.9 Å². The zero-order valence-corrected chi connectivity index (χ0v) is 8.94. The van der Waals surface area contributed by atoms with Crippen LogP contribution in [0, 0.1) is 6.92 Å². The number of carboxylic acids is 1. The smallest absolute Gasteiger partial charge is 0.387 e. The molecule has 6 heteroatoms. The molecule has 92 valence electrons. The Morgan fingerprint density at radius 3 is 2.65 bits per heavy atom. The second-order valence-electron chi connectivity index (χ2n) is 3.40. The number of carboxylic acid groups (broad SMARTS) is 1. The average Bonchev–Trinajstić information content (AvgIpc) is 2.14. The maximum absolute atomic E-state index is 12.1. The van der Waals surface area contributed by atoms with E-state index in [2.05, 4.69) is 4.74 Å². The van der Waals surface area contributed by atoms with Gasteiger partial charge in [-0.2, -0.15) is 8.78 Å². The van der Waals surface area contributed by atoms with E-state index < -0.39 is 19.0 Å². The Labute approximate surface area is 95.8 Å². The van der Waals surface area contributed by atoms with Gasteiger partial charge in [-0.25, -0.2) is 0 Å². The van der Waals surface area contributed by atoms with Crippen LogP contribution in [0.1, 0.15) is 21.5 Å². The Morgan fingerprint density at radius 1 is 1.53 bits per heavy atom. The Balaban J connectivity index is 3.24. The molecule has 0 aliphatic heterocycles. The largest absolute Gasteiger partial charge is 0.481 e. The molecule has 0 amide bonds. The van der Waals surface area contributed by atoms with Gasteiger partial charge in [0.25, 0.3) is 0 Å². The number of halogens is 2. The van der Waals surface area contributed by atoms with Crippen molar-refractivity contribution in [3.05, 3.63) is 28.8 Å². The van der Waals surface area contributed by atoms with Crippen LogP contribution in [0.25, 0.3) is 0 Å². The van der Waals surface area contributed by atoms with E-state index in [9.17, 15) is 18.4 Å². The predicted molar refractivity (Wildman–Crippen MR) is 54.5 cm³/mol. The number of aryl methyl sites for hydroxylation is 1. The third-order valence-corrected chi connectivity index (χ3v) is 2.05. The highest BCUT2D eigenvalue weighted by atomic mass is 19.3. The SMILES string of the molecule is Cc1cc(CC(=O)O)c(C=O)c(OC(F)F)c1. The molecule has 0 saturated carbocycles. The van der Waals surface area contributed by atoms with Crippen LogP contribution in [0.15, 0.2) is 12.1 Å².